The van der Waals surface area contributed by atoms with Gasteiger partial charge in [-0.25, -0.2) is 9.97 Å². The van der Waals surface area contributed by atoms with Gasteiger partial charge in [-0.3, -0.25) is 9.59 Å². The second-order valence-corrected chi connectivity index (χ2v) is 7.22. The summed E-state index contributed by atoms with van der Waals surface area (Å²) in [5.74, 6) is 1.28. The molecule has 1 aromatic carbocycles. The molecule has 0 saturated carbocycles. The molecule has 3 aromatic rings. The topological polar surface area (TPSA) is 123 Å². The van der Waals surface area contributed by atoms with Crippen LogP contribution in [0, 0.1) is 0 Å². The number of rotatable bonds is 5. The number of aromatic amines is 1. The second-order valence-electron chi connectivity index (χ2n) is 7.22. The Morgan fingerprint density at radius 3 is 2.57 bits per heavy atom. The number of para-hydroxylation sites is 1. The monoisotopic (exact) mass is 407 g/mol. The van der Waals surface area contributed by atoms with Crippen LogP contribution in [0.25, 0.3) is 10.9 Å². The van der Waals surface area contributed by atoms with Crippen molar-refractivity contribution < 1.29 is 14.8 Å². The van der Waals surface area contributed by atoms with E-state index in [1.807, 2.05) is 11.0 Å². The third-order valence-electron chi connectivity index (χ3n) is 5.26. The fourth-order valence-corrected chi connectivity index (χ4v) is 3.56. The van der Waals surface area contributed by atoms with Crippen molar-refractivity contribution in [1.29, 1.82) is 0 Å². The summed E-state index contributed by atoms with van der Waals surface area (Å²) in [6, 6.07) is 10.5. The van der Waals surface area contributed by atoms with E-state index in [4.69, 9.17) is 10.0 Å². The first-order valence-electron chi connectivity index (χ1n) is 9.84. The van der Waals surface area contributed by atoms with Gasteiger partial charge in [0.25, 0.3) is 5.56 Å². The number of hydrogen-bond acceptors (Lipinski definition) is 7. The van der Waals surface area contributed by atoms with Crippen LogP contribution in [0.4, 0.5) is 5.82 Å². The molecule has 154 valence electrons. The van der Waals surface area contributed by atoms with Gasteiger partial charge < -0.3 is 24.8 Å². The van der Waals surface area contributed by atoms with Gasteiger partial charge >= 0.3 is 7.12 Å². The van der Waals surface area contributed by atoms with Gasteiger partial charge in [-0.05, 0) is 18.2 Å². The molecule has 0 atom stereocenters. The number of aryl methyl sites for hydroxylation is 1. The molecule has 0 unspecified atom stereocenters. The smallest absolute Gasteiger partial charge is 0.423 e. The van der Waals surface area contributed by atoms with E-state index in [9.17, 15) is 9.59 Å². The van der Waals surface area contributed by atoms with E-state index < -0.39 is 7.12 Å². The quantitative estimate of drug-likeness (QED) is 0.477. The van der Waals surface area contributed by atoms with Gasteiger partial charge in [-0.2, -0.15) is 0 Å². The normalized spacial score (nSPS) is 14.2. The van der Waals surface area contributed by atoms with E-state index in [-0.39, 0.29) is 17.9 Å². The summed E-state index contributed by atoms with van der Waals surface area (Å²) in [6.45, 7) is 2.44. The number of pyridine rings is 1. The Morgan fingerprint density at radius 2 is 1.87 bits per heavy atom. The van der Waals surface area contributed by atoms with Crippen molar-refractivity contribution in [1.82, 2.24) is 19.9 Å². The van der Waals surface area contributed by atoms with Crippen molar-refractivity contribution in [3.8, 4) is 0 Å². The maximum Gasteiger partial charge on any atom is 0.490 e. The summed E-state index contributed by atoms with van der Waals surface area (Å²) in [4.78, 5) is 40.1. The second kappa shape index (κ2) is 8.64. The number of benzene rings is 1. The van der Waals surface area contributed by atoms with Crippen molar-refractivity contribution >= 4 is 35.2 Å². The van der Waals surface area contributed by atoms with Crippen LogP contribution in [0.15, 0.2) is 47.4 Å². The van der Waals surface area contributed by atoms with Crippen molar-refractivity contribution in [2.24, 2.45) is 0 Å². The highest BCUT2D eigenvalue weighted by atomic mass is 16.4. The zero-order valence-corrected chi connectivity index (χ0v) is 16.4. The Kier molecular flexibility index (Phi) is 5.78. The molecule has 1 saturated heterocycles. The predicted octanol–water partition coefficient (Wildman–Crippen LogP) is -0.721. The number of fused-ring (bicyclic) bond motifs is 1. The summed E-state index contributed by atoms with van der Waals surface area (Å²) in [5.41, 5.74) is 0.779. The number of amides is 1. The standard InChI is InChI=1S/C20H22BN5O4/c27-19(8-6-17-23-16-4-2-1-3-15(16)20(28)24-17)26-11-9-25(10-12-26)18-7-5-14(13-22-18)21(29)30/h1-5,7,13,29-30H,6,8-12H2,(H,23,24,28). The van der Waals surface area contributed by atoms with Crippen LogP contribution < -0.4 is 15.9 Å². The van der Waals surface area contributed by atoms with Crippen LogP contribution in [-0.2, 0) is 11.2 Å². The largest absolute Gasteiger partial charge is 0.490 e. The van der Waals surface area contributed by atoms with E-state index in [0.717, 1.165) is 5.82 Å². The van der Waals surface area contributed by atoms with Crippen LogP contribution in [0.5, 0.6) is 0 Å². The van der Waals surface area contributed by atoms with Crippen molar-refractivity contribution in [2.75, 3.05) is 31.1 Å². The minimum absolute atomic E-state index is 0.0252. The first-order valence-corrected chi connectivity index (χ1v) is 9.84. The predicted molar refractivity (Wildman–Crippen MR) is 114 cm³/mol. The molecule has 0 spiro atoms. The average Bonchev–Trinajstić information content (AvgIpc) is 2.78. The minimum atomic E-state index is -1.53. The van der Waals surface area contributed by atoms with Gasteiger partial charge in [0.2, 0.25) is 5.91 Å². The summed E-state index contributed by atoms with van der Waals surface area (Å²) < 4.78 is 0. The zero-order chi connectivity index (χ0) is 21.1. The highest BCUT2D eigenvalue weighted by Gasteiger charge is 2.22. The van der Waals surface area contributed by atoms with Crippen LogP contribution in [0.2, 0.25) is 0 Å². The number of nitrogens with one attached hydrogen (secondary N) is 1. The Morgan fingerprint density at radius 1 is 1.10 bits per heavy atom. The van der Waals surface area contributed by atoms with E-state index >= 15 is 0 Å². The molecule has 3 heterocycles. The maximum atomic E-state index is 12.6. The lowest BCUT2D eigenvalue weighted by molar-refractivity contribution is -0.131. The third kappa shape index (κ3) is 4.34. The molecule has 1 amide bonds. The average molecular weight is 407 g/mol. The van der Waals surface area contributed by atoms with Crippen molar-refractivity contribution in [2.45, 2.75) is 12.8 Å². The number of H-pyrrole nitrogens is 1. The Hall–Kier alpha value is -3.24. The molecule has 0 aliphatic carbocycles. The molecule has 1 fully saturated rings. The highest BCUT2D eigenvalue weighted by molar-refractivity contribution is 6.58. The number of aromatic nitrogens is 3. The lowest BCUT2D eigenvalue weighted by Gasteiger charge is -2.35. The van der Waals surface area contributed by atoms with Crippen LogP contribution in [0.1, 0.15) is 12.2 Å². The van der Waals surface area contributed by atoms with Gasteiger partial charge in [-0.1, -0.05) is 18.2 Å². The van der Waals surface area contributed by atoms with Gasteiger partial charge in [0.15, 0.2) is 0 Å². The zero-order valence-electron chi connectivity index (χ0n) is 16.4. The first kappa shape index (κ1) is 20.1. The number of nitrogens with zero attached hydrogens (tertiary/aromatic N) is 4. The van der Waals surface area contributed by atoms with E-state index in [0.29, 0.717) is 54.8 Å². The molecule has 9 nitrogen and oxygen atoms in total. The SMILES string of the molecule is O=C(CCc1nc2ccccc2c(=O)[nH]1)N1CCN(c2ccc(B(O)O)cn2)CC1. The molecule has 0 bridgehead atoms. The fraction of sp³-hybridized carbons (Fsp3) is 0.300. The molecule has 0 radical (unpaired) electrons. The van der Waals surface area contributed by atoms with Gasteiger partial charge in [-0.15, -0.1) is 0 Å². The maximum absolute atomic E-state index is 12.6. The number of piperazine rings is 1. The Balaban J connectivity index is 1.32. The number of carbonyl (C=O) groups excluding carboxylic acids is 1. The van der Waals surface area contributed by atoms with Crippen LogP contribution in [0.3, 0.4) is 0 Å². The Labute approximate surface area is 173 Å². The lowest BCUT2D eigenvalue weighted by Crippen LogP contribution is -2.49. The first-order chi connectivity index (χ1) is 14.5. The lowest BCUT2D eigenvalue weighted by atomic mass is 9.82. The molecule has 10 heteroatoms. The van der Waals surface area contributed by atoms with E-state index in [1.165, 1.54) is 6.20 Å². The van der Waals surface area contributed by atoms with Crippen molar-refractivity contribution in [3.63, 3.8) is 0 Å². The van der Waals surface area contributed by atoms with Crippen molar-refractivity contribution in [3.05, 3.63) is 58.8 Å². The molecule has 2 aromatic heterocycles. The molecule has 1 aliphatic rings. The number of hydrogen-bond donors (Lipinski definition) is 3. The van der Waals surface area contributed by atoms with Gasteiger partial charge in [0.1, 0.15) is 11.6 Å². The summed E-state index contributed by atoms with van der Waals surface area (Å²) in [6.07, 6.45) is 2.10. The number of carbonyl (C=O) groups is 1. The molecule has 1 aliphatic heterocycles. The molecule has 3 N–H and O–H groups in total. The van der Waals surface area contributed by atoms with Crippen LogP contribution >= 0.6 is 0 Å². The minimum Gasteiger partial charge on any atom is -0.423 e. The summed E-state index contributed by atoms with van der Waals surface area (Å²) in [7, 11) is -1.53. The highest BCUT2D eigenvalue weighted by Crippen LogP contribution is 2.13. The number of anilines is 1. The molecule has 30 heavy (non-hydrogen) atoms. The summed E-state index contributed by atoms with van der Waals surface area (Å²) in [5, 5.41) is 18.8. The van der Waals surface area contributed by atoms with Gasteiger partial charge in [0.05, 0.1) is 10.9 Å². The van der Waals surface area contributed by atoms with E-state index in [1.54, 1.807) is 30.3 Å². The molecule has 4 rings (SSSR count). The molecular formula is C20H22BN5O4. The third-order valence-corrected chi connectivity index (χ3v) is 5.26. The van der Waals surface area contributed by atoms with E-state index in [2.05, 4.69) is 19.9 Å². The van der Waals surface area contributed by atoms with Gasteiger partial charge in [0, 0.05) is 50.7 Å². The fourth-order valence-electron chi connectivity index (χ4n) is 3.56. The molecular weight excluding hydrogens is 385 g/mol. The Bertz CT molecular complexity index is 1090. The van der Waals surface area contributed by atoms with Crippen LogP contribution in [-0.4, -0.2) is 69.1 Å². The summed E-state index contributed by atoms with van der Waals surface area (Å²) >= 11 is 0.